The van der Waals surface area contributed by atoms with E-state index in [2.05, 4.69) is 0 Å². The molecule has 0 amide bonds. The smallest absolute Gasteiger partial charge is 0.345 e. The molecule has 1 aromatic carbocycles. The van der Waals surface area contributed by atoms with E-state index >= 15 is 0 Å². The lowest BCUT2D eigenvalue weighted by Gasteiger charge is -2.32. The van der Waals surface area contributed by atoms with E-state index in [0.29, 0.717) is 30.1 Å². The summed E-state index contributed by atoms with van der Waals surface area (Å²) in [6.45, 7) is 7.49. The Morgan fingerprint density at radius 1 is 1.17 bits per heavy atom. The molecule has 132 valence electrons. The number of esters is 1. The summed E-state index contributed by atoms with van der Waals surface area (Å²) >= 11 is 0. The van der Waals surface area contributed by atoms with Crippen molar-refractivity contribution in [2.45, 2.75) is 33.5 Å². The molecule has 0 aliphatic carbocycles. The molecule has 0 bridgehead atoms. The first-order chi connectivity index (χ1) is 11.3. The number of rotatable bonds is 7. The highest BCUT2D eigenvalue weighted by molar-refractivity contribution is 7.54. The van der Waals surface area contributed by atoms with E-state index in [1.807, 2.05) is 0 Å². The molecule has 0 saturated heterocycles. The molecule has 7 heteroatoms. The molecule has 1 aromatic rings. The number of hydrogen-bond acceptors (Lipinski definition) is 6. The number of fused-ring (bicyclic) bond motifs is 1. The molecule has 1 aliphatic heterocycles. The maximum atomic E-state index is 12.4. The van der Waals surface area contributed by atoms with E-state index in [-0.39, 0.29) is 6.16 Å². The summed E-state index contributed by atoms with van der Waals surface area (Å²) in [5.41, 5.74) is 0.989. The Labute approximate surface area is 142 Å². The van der Waals surface area contributed by atoms with Gasteiger partial charge in [-0.1, -0.05) is 24.3 Å². The van der Waals surface area contributed by atoms with Crippen molar-refractivity contribution in [3.63, 3.8) is 0 Å². The summed E-state index contributed by atoms with van der Waals surface area (Å²) in [4.78, 5) is 12.2. The van der Waals surface area contributed by atoms with Gasteiger partial charge in [0.25, 0.3) is 0 Å². The lowest BCUT2D eigenvalue weighted by Crippen LogP contribution is -2.39. The lowest BCUT2D eigenvalue weighted by molar-refractivity contribution is -0.127. The summed E-state index contributed by atoms with van der Waals surface area (Å²) in [5.74, 6) is -0.970. The van der Waals surface area contributed by atoms with E-state index in [4.69, 9.17) is 18.5 Å². The molecule has 6 nitrogen and oxygen atoms in total. The van der Waals surface area contributed by atoms with Crippen LogP contribution < -0.4 is 4.74 Å². The number of cyclic esters (lactones) is 1. The third-order valence-corrected chi connectivity index (χ3v) is 5.20. The van der Waals surface area contributed by atoms with Crippen LogP contribution in [0.15, 0.2) is 24.3 Å². The van der Waals surface area contributed by atoms with Crippen molar-refractivity contribution < 1.29 is 27.9 Å². The fourth-order valence-corrected chi connectivity index (χ4v) is 3.83. The number of hydrogen-bond donors (Lipinski definition) is 0. The van der Waals surface area contributed by atoms with Gasteiger partial charge in [0.2, 0.25) is 5.79 Å². The quantitative estimate of drug-likeness (QED) is 0.538. The highest BCUT2D eigenvalue weighted by Gasteiger charge is 2.35. The minimum Gasteiger partial charge on any atom is -0.452 e. The second-order valence-corrected chi connectivity index (χ2v) is 7.75. The minimum atomic E-state index is -3.15. The number of carbonyl (C=O) groups excluding carboxylic acids is 1. The molecule has 0 radical (unpaired) electrons. The SMILES string of the molecule is CCOP(=O)(C/C=C/c1cccc2c1C(=O)OC(C)(C)O2)OCC. The Kier molecular flexibility index (Phi) is 5.86. The van der Waals surface area contributed by atoms with Crippen molar-refractivity contribution in [3.8, 4) is 5.75 Å². The molecule has 1 heterocycles. The Balaban J connectivity index is 2.22. The van der Waals surface area contributed by atoms with Crippen LogP contribution in [-0.4, -0.2) is 31.1 Å². The van der Waals surface area contributed by atoms with Crippen LogP contribution in [0.4, 0.5) is 0 Å². The first-order valence-electron chi connectivity index (χ1n) is 7.90. The zero-order valence-electron chi connectivity index (χ0n) is 14.4. The van der Waals surface area contributed by atoms with E-state index in [0.717, 1.165) is 0 Å². The number of ether oxygens (including phenoxy) is 2. The maximum Gasteiger partial charge on any atom is 0.345 e. The largest absolute Gasteiger partial charge is 0.452 e. The number of benzene rings is 1. The normalized spacial score (nSPS) is 16.6. The average molecular weight is 354 g/mol. The van der Waals surface area contributed by atoms with Gasteiger partial charge in [-0.3, -0.25) is 4.57 Å². The highest BCUT2D eigenvalue weighted by Crippen LogP contribution is 2.48. The number of carbonyl (C=O) groups is 1. The number of allylic oxidation sites excluding steroid dienone is 1. The topological polar surface area (TPSA) is 71.1 Å². The molecule has 1 aliphatic rings. The van der Waals surface area contributed by atoms with Gasteiger partial charge in [0, 0.05) is 13.8 Å². The van der Waals surface area contributed by atoms with Crippen LogP contribution in [0, 0.1) is 0 Å². The first kappa shape index (κ1) is 18.7. The molecule has 0 unspecified atom stereocenters. The van der Waals surface area contributed by atoms with Gasteiger partial charge < -0.3 is 18.5 Å². The van der Waals surface area contributed by atoms with E-state index in [1.54, 1.807) is 58.0 Å². The van der Waals surface area contributed by atoms with E-state index < -0.39 is 19.4 Å². The Morgan fingerprint density at radius 3 is 2.46 bits per heavy atom. The maximum absolute atomic E-state index is 12.4. The summed E-state index contributed by atoms with van der Waals surface area (Å²) in [6, 6.07) is 5.28. The predicted molar refractivity (Wildman–Crippen MR) is 91.3 cm³/mol. The van der Waals surface area contributed by atoms with Gasteiger partial charge in [0.1, 0.15) is 11.3 Å². The van der Waals surface area contributed by atoms with Crippen molar-refractivity contribution in [1.82, 2.24) is 0 Å². The van der Waals surface area contributed by atoms with Crippen molar-refractivity contribution in [3.05, 3.63) is 35.4 Å². The molecule has 0 saturated carbocycles. The first-order valence-corrected chi connectivity index (χ1v) is 9.63. The zero-order chi connectivity index (χ0) is 17.8. The van der Waals surface area contributed by atoms with Gasteiger partial charge >= 0.3 is 13.6 Å². The molecule has 2 rings (SSSR count). The summed E-state index contributed by atoms with van der Waals surface area (Å²) in [5, 5.41) is 0. The van der Waals surface area contributed by atoms with E-state index in [1.165, 1.54) is 0 Å². The van der Waals surface area contributed by atoms with Gasteiger partial charge in [0.05, 0.1) is 19.4 Å². The van der Waals surface area contributed by atoms with Gasteiger partial charge in [0.15, 0.2) is 0 Å². The third kappa shape index (κ3) is 4.47. The van der Waals surface area contributed by atoms with Crippen LogP contribution >= 0.6 is 7.60 Å². The summed E-state index contributed by atoms with van der Waals surface area (Å²) < 4.78 is 33.8. The van der Waals surface area contributed by atoms with Gasteiger partial charge in [-0.2, -0.15) is 0 Å². The fourth-order valence-electron chi connectivity index (χ4n) is 2.40. The van der Waals surface area contributed by atoms with Crippen molar-refractivity contribution in [2.24, 2.45) is 0 Å². The van der Waals surface area contributed by atoms with Gasteiger partial charge in [-0.25, -0.2) is 4.79 Å². The van der Waals surface area contributed by atoms with Crippen molar-refractivity contribution in [2.75, 3.05) is 19.4 Å². The molecule has 24 heavy (non-hydrogen) atoms. The van der Waals surface area contributed by atoms with Gasteiger partial charge in [-0.05, 0) is 25.5 Å². The average Bonchev–Trinajstić information content (AvgIpc) is 2.46. The van der Waals surface area contributed by atoms with Crippen LogP contribution in [0.5, 0.6) is 5.75 Å². The second-order valence-electron chi connectivity index (χ2n) is 5.64. The molecule has 0 atom stereocenters. The van der Waals surface area contributed by atoms with Crippen LogP contribution in [0.2, 0.25) is 0 Å². The monoisotopic (exact) mass is 354 g/mol. The lowest BCUT2D eigenvalue weighted by atomic mass is 10.0. The second kappa shape index (κ2) is 7.51. The predicted octanol–water partition coefficient (Wildman–Crippen LogP) is 4.25. The summed E-state index contributed by atoms with van der Waals surface area (Å²) in [7, 11) is -3.15. The molecular formula is C17H23O6P. The molecule has 0 aromatic heterocycles. The Hall–Kier alpha value is -1.62. The standard InChI is InChI=1S/C17H23O6P/c1-5-20-24(19,21-6-2)12-8-10-13-9-7-11-14-15(13)16(18)23-17(3,4)22-14/h7-11H,5-6,12H2,1-4H3/b10-8+. The molecular weight excluding hydrogens is 331 g/mol. The van der Waals surface area contributed by atoms with Gasteiger partial charge in [-0.15, -0.1) is 0 Å². The Morgan fingerprint density at radius 2 is 1.83 bits per heavy atom. The van der Waals surface area contributed by atoms with Crippen LogP contribution in [-0.2, 0) is 18.3 Å². The third-order valence-electron chi connectivity index (χ3n) is 3.23. The Bertz CT molecular complexity index is 670. The van der Waals surface area contributed by atoms with Crippen molar-refractivity contribution in [1.29, 1.82) is 0 Å². The molecule has 0 N–H and O–H groups in total. The van der Waals surface area contributed by atoms with Crippen LogP contribution in [0.3, 0.4) is 0 Å². The van der Waals surface area contributed by atoms with Crippen LogP contribution in [0.25, 0.3) is 6.08 Å². The fraction of sp³-hybridized carbons (Fsp3) is 0.471. The molecule has 0 fully saturated rings. The summed E-state index contributed by atoms with van der Waals surface area (Å²) in [6.07, 6.45) is 3.50. The minimum absolute atomic E-state index is 0.125. The zero-order valence-corrected chi connectivity index (χ0v) is 15.3. The molecule has 0 spiro atoms. The van der Waals surface area contributed by atoms with E-state index in [9.17, 15) is 9.36 Å². The van der Waals surface area contributed by atoms with Crippen molar-refractivity contribution >= 4 is 19.6 Å². The van der Waals surface area contributed by atoms with Crippen LogP contribution in [0.1, 0.15) is 43.6 Å². The highest BCUT2D eigenvalue weighted by atomic mass is 31.2.